The lowest BCUT2D eigenvalue weighted by atomic mass is 10.0. The van der Waals surface area contributed by atoms with Gasteiger partial charge in [0, 0.05) is 30.1 Å². The fourth-order valence-electron chi connectivity index (χ4n) is 2.49. The molecule has 1 amide bonds. The first kappa shape index (κ1) is 15.8. The van der Waals surface area contributed by atoms with Crippen LogP contribution in [0.1, 0.15) is 21.5 Å². The zero-order valence-corrected chi connectivity index (χ0v) is 13.0. The number of carbonyl (C=O) groups excluding carboxylic acids is 1. The van der Waals surface area contributed by atoms with Crippen molar-refractivity contribution in [2.24, 2.45) is 0 Å². The van der Waals surface area contributed by atoms with Crippen LogP contribution in [0.2, 0.25) is 0 Å². The van der Waals surface area contributed by atoms with Gasteiger partial charge in [0.05, 0.1) is 6.61 Å². The molecule has 3 aromatic rings. The summed E-state index contributed by atoms with van der Waals surface area (Å²) in [5.74, 6) is -0.163. The second-order valence-corrected chi connectivity index (χ2v) is 5.33. The number of hydrogen-bond donors (Lipinski definition) is 2. The molecule has 2 N–H and O–H groups in total. The molecule has 3 rings (SSSR count). The second kappa shape index (κ2) is 7.48. The standard InChI is InChI=1S/C19H17N3O2/c23-12-15-5-3-4-14(8-15)9-22-19(24)18-7-2-1-6-17(18)16-10-20-13-21-11-16/h1-8,10-11,13,23H,9,12H2,(H,22,24). The number of aliphatic hydroxyl groups is 1. The average Bonchev–Trinajstić information content (AvgIpc) is 2.67. The lowest BCUT2D eigenvalue weighted by Crippen LogP contribution is -2.23. The Kier molecular flexibility index (Phi) is 4.93. The maximum Gasteiger partial charge on any atom is 0.252 e. The Bertz CT molecular complexity index is 835. The summed E-state index contributed by atoms with van der Waals surface area (Å²) in [7, 11) is 0. The number of aromatic nitrogens is 2. The SMILES string of the molecule is O=C(NCc1cccc(CO)c1)c1ccccc1-c1cncnc1. The van der Waals surface area contributed by atoms with Gasteiger partial charge in [-0.15, -0.1) is 0 Å². The Morgan fingerprint density at radius 1 is 1.00 bits per heavy atom. The fraction of sp³-hybridized carbons (Fsp3) is 0.105. The van der Waals surface area contributed by atoms with Crippen molar-refractivity contribution >= 4 is 5.91 Å². The van der Waals surface area contributed by atoms with E-state index < -0.39 is 0 Å². The van der Waals surface area contributed by atoms with E-state index in [9.17, 15) is 9.90 Å². The second-order valence-electron chi connectivity index (χ2n) is 5.33. The van der Waals surface area contributed by atoms with Gasteiger partial charge in [0.2, 0.25) is 0 Å². The summed E-state index contributed by atoms with van der Waals surface area (Å²) in [6, 6.07) is 14.9. The number of amides is 1. The van der Waals surface area contributed by atoms with Gasteiger partial charge in [-0.1, -0.05) is 42.5 Å². The van der Waals surface area contributed by atoms with Crippen LogP contribution in [0.5, 0.6) is 0 Å². The van der Waals surface area contributed by atoms with Crippen molar-refractivity contribution in [2.75, 3.05) is 0 Å². The van der Waals surface area contributed by atoms with Crippen molar-refractivity contribution in [1.29, 1.82) is 0 Å². The number of aliphatic hydroxyl groups excluding tert-OH is 1. The quantitative estimate of drug-likeness (QED) is 0.758. The molecule has 5 heteroatoms. The van der Waals surface area contributed by atoms with E-state index in [0.29, 0.717) is 12.1 Å². The molecule has 0 spiro atoms. The van der Waals surface area contributed by atoms with E-state index >= 15 is 0 Å². The van der Waals surface area contributed by atoms with E-state index in [-0.39, 0.29) is 12.5 Å². The first-order valence-corrected chi connectivity index (χ1v) is 7.59. The molecular formula is C19H17N3O2. The summed E-state index contributed by atoms with van der Waals surface area (Å²) in [5.41, 5.74) is 3.93. The lowest BCUT2D eigenvalue weighted by Gasteiger charge is -2.10. The van der Waals surface area contributed by atoms with E-state index in [2.05, 4.69) is 15.3 Å². The van der Waals surface area contributed by atoms with Crippen LogP contribution in [0.4, 0.5) is 0 Å². The highest BCUT2D eigenvalue weighted by Gasteiger charge is 2.12. The molecule has 1 heterocycles. The number of carbonyl (C=O) groups is 1. The molecule has 0 saturated carbocycles. The van der Waals surface area contributed by atoms with Crippen molar-refractivity contribution < 1.29 is 9.90 Å². The predicted octanol–water partition coefficient (Wildman–Crippen LogP) is 2.57. The van der Waals surface area contributed by atoms with Crippen LogP contribution in [0, 0.1) is 0 Å². The monoisotopic (exact) mass is 319 g/mol. The Morgan fingerprint density at radius 3 is 2.54 bits per heavy atom. The Hall–Kier alpha value is -3.05. The molecule has 0 aliphatic rings. The third-order valence-electron chi connectivity index (χ3n) is 3.67. The molecule has 0 unspecified atom stereocenters. The topological polar surface area (TPSA) is 75.1 Å². The maximum absolute atomic E-state index is 12.6. The molecule has 5 nitrogen and oxygen atoms in total. The predicted molar refractivity (Wildman–Crippen MR) is 91.0 cm³/mol. The van der Waals surface area contributed by atoms with E-state index in [0.717, 1.165) is 22.3 Å². The molecule has 24 heavy (non-hydrogen) atoms. The molecule has 0 aliphatic carbocycles. The van der Waals surface area contributed by atoms with Crippen LogP contribution in [-0.2, 0) is 13.2 Å². The van der Waals surface area contributed by atoms with Gasteiger partial charge in [-0.2, -0.15) is 0 Å². The molecule has 0 radical (unpaired) electrons. The van der Waals surface area contributed by atoms with E-state index in [4.69, 9.17) is 0 Å². The fourth-order valence-corrected chi connectivity index (χ4v) is 2.49. The summed E-state index contributed by atoms with van der Waals surface area (Å²) in [5, 5.41) is 12.1. The summed E-state index contributed by atoms with van der Waals surface area (Å²) >= 11 is 0. The highest BCUT2D eigenvalue weighted by atomic mass is 16.3. The Balaban J connectivity index is 1.78. The van der Waals surface area contributed by atoms with Crippen molar-refractivity contribution in [1.82, 2.24) is 15.3 Å². The highest BCUT2D eigenvalue weighted by Crippen LogP contribution is 2.22. The van der Waals surface area contributed by atoms with Crippen molar-refractivity contribution in [2.45, 2.75) is 13.2 Å². The first-order valence-electron chi connectivity index (χ1n) is 7.59. The number of nitrogens with zero attached hydrogens (tertiary/aromatic N) is 2. The van der Waals surface area contributed by atoms with Gasteiger partial charge in [-0.3, -0.25) is 4.79 Å². The summed E-state index contributed by atoms with van der Waals surface area (Å²) < 4.78 is 0. The molecule has 0 aliphatic heterocycles. The van der Waals surface area contributed by atoms with Gasteiger partial charge < -0.3 is 10.4 Å². The summed E-state index contributed by atoms with van der Waals surface area (Å²) in [6.07, 6.45) is 4.83. The van der Waals surface area contributed by atoms with Gasteiger partial charge >= 0.3 is 0 Å². The summed E-state index contributed by atoms with van der Waals surface area (Å²) in [6.45, 7) is 0.380. The van der Waals surface area contributed by atoms with Gasteiger partial charge in [0.25, 0.3) is 5.91 Å². The molecule has 120 valence electrons. The molecule has 2 aromatic carbocycles. The van der Waals surface area contributed by atoms with Crippen LogP contribution in [0.3, 0.4) is 0 Å². The van der Waals surface area contributed by atoms with Gasteiger partial charge in [0.15, 0.2) is 0 Å². The van der Waals surface area contributed by atoms with Crippen molar-refractivity contribution in [3.05, 3.63) is 83.9 Å². The average molecular weight is 319 g/mol. The number of rotatable bonds is 5. The van der Waals surface area contributed by atoms with Crippen LogP contribution in [0.15, 0.2) is 67.3 Å². The number of hydrogen-bond acceptors (Lipinski definition) is 4. The van der Waals surface area contributed by atoms with Crippen LogP contribution in [0.25, 0.3) is 11.1 Å². The zero-order chi connectivity index (χ0) is 16.8. The van der Waals surface area contributed by atoms with E-state index in [1.807, 2.05) is 42.5 Å². The van der Waals surface area contributed by atoms with E-state index in [1.165, 1.54) is 6.33 Å². The normalized spacial score (nSPS) is 10.4. The third kappa shape index (κ3) is 3.64. The molecule has 1 aromatic heterocycles. The molecule has 0 bridgehead atoms. The number of benzene rings is 2. The molecule has 0 saturated heterocycles. The van der Waals surface area contributed by atoms with Crippen molar-refractivity contribution in [3.63, 3.8) is 0 Å². The Morgan fingerprint density at radius 2 is 1.75 bits per heavy atom. The highest BCUT2D eigenvalue weighted by molar-refractivity contribution is 6.00. The van der Waals surface area contributed by atoms with Crippen molar-refractivity contribution in [3.8, 4) is 11.1 Å². The van der Waals surface area contributed by atoms with Crippen LogP contribution in [-0.4, -0.2) is 21.0 Å². The smallest absolute Gasteiger partial charge is 0.252 e. The minimum atomic E-state index is -0.163. The van der Waals surface area contributed by atoms with Gasteiger partial charge in [-0.05, 0) is 22.8 Å². The largest absolute Gasteiger partial charge is 0.392 e. The number of nitrogens with one attached hydrogen (secondary N) is 1. The molecule has 0 fully saturated rings. The zero-order valence-electron chi connectivity index (χ0n) is 13.0. The first-order chi connectivity index (χ1) is 11.8. The minimum absolute atomic E-state index is 0.0153. The lowest BCUT2D eigenvalue weighted by molar-refractivity contribution is 0.0951. The third-order valence-corrected chi connectivity index (χ3v) is 3.67. The molecular weight excluding hydrogens is 302 g/mol. The maximum atomic E-state index is 12.6. The minimum Gasteiger partial charge on any atom is -0.392 e. The Labute approximate surface area is 140 Å². The van der Waals surface area contributed by atoms with E-state index in [1.54, 1.807) is 18.5 Å². The summed E-state index contributed by atoms with van der Waals surface area (Å²) in [4.78, 5) is 20.6. The van der Waals surface area contributed by atoms with Crippen LogP contribution >= 0.6 is 0 Å². The van der Waals surface area contributed by atoms with Gasteiger partial charge in [0.1, 0.15) is 6.33 Å². The molecule has 0 atom stereocenters. The van der Waals surface area contributed by atoms with Crippen LogP contribution < -0.4 is 5.32 Å². The van der Waals surface area contributed by atoms with Gasteiger partial charge in [-0.25, -0.2) is 9.97 Å².